The first-order chi connectivity index (χ1) is 18.4. The van der Waals surface area contributed by atoms with Gasteiger partial charge < -0.3 is 10.2 Å². The third-order valence-corrected chi connectivity index (χ3v) is 9.03. The molecule has 10 heteroatoms. The monoisotopic (exact) mass is 633 g/mol. The molecule has 0 saturated carbocycles. The summed E-state index contributed by atoms with van der Waals surface area (Å²) in [4.78, 5) is 28.4. The van der Waals surface area contributed by atoms with Crippen molar-refractivity contribution in [1.29, 1.82) is 0 Å². The van der Waals surface area contributed by atoms with Crippen LogP contribution in [0.25, 0.3) is 0 Å². The minimum absolute atomic E-state index is 0.0487. The van der Waals surface area contributed by atoms with Crippen molar-refractivity contribution in [2.75, 3.05) is 17.4 Å². The van der Waals surface area contributed by atoms with Crippen LogP contribution in [0.15, 0.2) is 76.1 Å². The Bertz CT molecular complexity index is 1430. The fourth-order valence-corrected chi connectivity index (χ4v) is 6.12. The van der Waals surface area contributed by atoms with Gasteiger partial charge in [0.1, 0.15) is 12.6 Å². The maximum Gasteiger partial charge on any atom is 0.264 e. The molecule has 1 unspecified atom stereocenters. The number of amides is 2. The standard InChI is InChI=1S/C29H33BrClN3O4S/c1-5-16-32-29(36)22(4)33(18-23-8-6-9-24(30)17-23)28(35)19-34(27-11-7-10-26(31)21(27)3)39(37,38)25-14-12-20(2)13-15-25/h6-15,17,22H,5,16,18-19H2,1-4H3,(H,32,36). The molecule has 0 bridgehead atoms. The van der Waals surface area contributed by atoms with Crippen molar-refractivity contribution in [3.8, 4) is 0 Å². The number of aryl methyl sites for hydroxylation is 1. The van der Waals surface area contributed by atoms with Crippen LogP contribution in [0.3, 0.4) is 0 Å². The van der Waals surface area contributed by atoms with Gasteiger partial charge in [0.15, 0.2) is 0 Å². The van der Waals surface area contributed by atoms with Crippen molar-refractivity contribution >= 4 is 55.1 Å². The lowest BCUT2D eigenvalue weighted by Crippen LogP contribution is -2.51. The normalized spacial score (nSPS) is 12.1. The number of sulfonamides is 1. The van der Waals surface area contributed by atoms with E-state index in [2.05, 4.69) is 21.2 Å². The van der Waals surface area contributed by atoms with Gasteiger partial charge in [-0.2, -0.15) is 0 Å². The predicted molar refractivity (Wildman–Crippen MR) is 159 cm³/mol. The van der Waals surface area contributed by atoms with Crippen molar-refractivity contribution in [2.45, 2.75) is 51.6 Å². The van der Waals surface area contributed by atoms with Crippen LogP contribution in [0, 0.1) is 13.8 Å². The number of halogens is 2. The van der Waals surface area contributed by atoms with Gasteiger partial charge in [-0.05, 0) is 74.7 Å². The molecule has 1 N–H and O–H groups in total. The number of anilines is 1. The van der Waals surface area contributed by atoms with E-state index in [1.54, 1.807) is 44.2 Å². The Balaban J connectivity index is 2.06. The molecule has 0 spiro atoms. The highest BCUT2D eigenvalue weighted by molar-refractivity contribution is 9.10. The molecule has 0 aromatic heterocycles. The van der Waals surface area contributed by atoms with E-state index >= 15 is 0 Å². The molecule has 3 aromatic rings. The van der Waals surface area contributed by atoms with Crippen molar-refractivity contribution < 1.29 is 18.0 Å². The quantitative estimate of drug-likeness (QED) is 0.286. The van der Waals surface area contributed by atoms with Crippen LogP contribution in [0.1, 0.15) is 37.0 Å². The summed E-state index contributed by atoms with van der Waals surface area (Å²) in [5, 5.41) is 3.21. The Morgan fingerprint density at radius 1 is 1.03 bits per heavy atom. The number of rotatable bonds is 11. The largest absolute Gasteiger partial charge is 0.354 e. The number of nitrogens with one attached hydrogen (secondary N) is 1. The zero-order valence-electron chi connectivity index (χ0n) is 22.4. The van der Waals surface area contributed by atoms with Gasteiger partial charge in [0.25, 0.3) is 10.0 Å². The smallest absolute Gasteiger partial charge is 0.264 e. The van der Waals surface area contributed by atoms with Gasteiger partial charge in [0.2, 0.25) is 11.8 Å². The lowest BCUT2D eigenvalue weighted by Gasteiger charge is -2.32. The van der Waals surface area contributed by atoms with E-state index in [9.17, 15) is 18.0 Å². The molecular formula is C29H33BrClN3O4S. The summed E-state index contributed by atoms with van der Waals surface area (Å²) >= 11 is 9.81. The lowest BCUT2D eigenvalue weighted by molar-refractivity contribution is -0.139. The maximum absolute atomic E-state index is 14.0. The van der Waals surface area contributed by atoms with E-state index in [1.165, 1.54) is 17.0 Å². The molecule has 0 fully saturated rings. The predicted octanol–water partition coefficient (Wildman–Crippen LogP) is 5.86. The van der Waals surface area contributed by atoms with Crippen LogP contribution >= 0.6 is 27.5 Å². The van der Waals surface area contributed by atoms with Gasteiger partial charge in [0, 0.05) is 22.6 Å². The summed E-state index contributed by atoms with van der Waals surface area (Å²) in [5.74, 6) is -0.837. The molecule has 0 aliphatic heterocycles. The molecule has 7 nitrogen and oxygen atoms in total. The Hall–Kier alpha value is -2.88. The van der Waals surface area contributed by atoms with Crippen molar-refractivity contribution in [3.63, 3.8) is 0 Å². The van der Waals surface area contributed by atoms with E-state index in [0.717, 1.165) is 26.3 Å². The van der Waals surface area contributed by atoms with E-state index in [4.69, 9.17) is 11.6 Å². The number of nitrogens with zero attached hydrogens (tertiary/aromatic N) is 2. The highest BCUT2D eigenvalue weighted by atomic mass is 79.9. The molecule has 0 heterocycles. The van der Waals surface area contributed by atoms with Crippen molar-refractivity contribution in [3.05, 3.63) is 92.9 Å². The molecule has 0 aliphatic carbocycles. The highest BCUT2D eigenvalue weighted by Gasteiger charge is 2.33. The average molecular weight is 635 g/mol. The first kappa shape index (κ1) is 30.7. The Kier molecular flexibility index (Phi) is 10.6. The van der Waals surface area contributed by atoms with Crippen molar-refractivity contribution in [1.82, 2.24) is 10.2 Å². The average Bonchev–Trinajstić information content (AvgIpc) is 2.90. The number of benzene rings is 3. The molecule has 3 aromatic carbocycles. The summed E-state index contributed by atoms with van der Waals surface area (Å²) in [7, 11) is -4.16. The minimum Gasteiger partial charge on any atom is -0.354 e. The van der Waals surface area contributed by atoms with E-state index in [-0.39, 0.29) is 17.3 Å². The highest BCUT2D eigenvalue weighted by Crippen LogP contribution is 2.31. The van der Waals surface area contributed by atoms with Crippen LogP contribution in [0.5, 0.6) is 0 Å². The molecule has 3 rings (SSSR count). The van der Waals surface area contributed by atoms with E-state index in [1.807, 2.05) is 38.1 Å². The fraction of sp³-hybridized carbons (Fsp3) is 0.310. The Morgan fingerprint density at radius 3 is 2.33 bits per heavy atom. The molecule has 1 atom stereocenters. The first-order valence-corrected chi connectivity index (χ1v) is 15.2. The van der Waals surface area contributed by atoms with Gasteiger partial charge >= 0.3 is 0 Å². The van der Waals surface area contributed by atoms with Crippen molar-refractivity contribution in [2.24, 2.45) is 0 Å². The van der Waals surface area contributed by atoms with Crippen LogP contribution in [0.2, 0.25) is 5.02 Å². The van der Waals surface area contributed by atoms with Crippen LogP contribution in [-0.2, 0) is 26.2 Å². The molecular weight excluding hydrogens is 602 g/mol. The lowest BCUT2D eigenvalue weighted by atomic mass is 10.1. The van der Waals surface area contributed by atoms with Crippen LogP contribution < -0.4 is 9.62 Å². The molecule has 208 valence electrons. The molecule has 2 amide bonds. The van der Waals surface area contributed by atoms with Gasteiger partial charge in [-0.15, -0.1) is 0 Å². The summed E-state index contributed by atoms with van der Waals surface area (Å²) in [6.45, 7) is 7.23. The third-order valence-electron chi connectivity index (χ3n) is 6.35. The van der Waals surface area contributed by atoms with Crippen LogP contribution in [0.4, 0.5) is 5.69 Å². The number of hydrogen-bond donors (Lipinski definition) is 1. The van der Waals surface area contributed by atoms with E-state index < -0.39 is 28.5 Å². The van der Waals surface area contributed by atoms with Gasteiger partial charge in [-0.25, -0.2) is 8.42 Å². The topological polar surface area (TPSA) is 86.8 Å². The number of carbonyl (C=O) groups excluding carboxylic acids is 2. The minimum atomic E-state index is -4.16. The first-order valence-electron chi connectivity index (χ1n) is 12.6. The molecule has 39 heavy (non-hydrogen) atoms. The fourth-order valence-electron chi connectivity index (χ4n) is 4.03. The van der Waals surface area contributed by atoms with Gasteiger partial charge in [0.05, 0.1) is 10.6 Å². The summed E-state index contributed by atoms with van der Waals surface area (Å²) in [5.41, 5.74) is 2.51. The second-order valence-electron chi connectivity index (χ2n) is 9.33. The summed E-state index contributed by atoms with van der Waals surface area (Å²) in [6, 6.07) is 18.0. The number of hydrogen-bond acceptors (Lipinski definition) is 4. The molecule has 0 radical (unpaired) electrons. The Labute approximate surface area is 244 Å². The molecule has 0 saturated heterocycles. The van der Waals surface area contributed by atoms with Gasteiger partial charge in [-0.3, -0.25) is 13.9 Å². The zero-order valence-corrected chi connectivity index (χ0v) is 25.6. The maximum atomic E-state index is 14.0. The van der Waals surface area contributed by atoms with Crippen LogP contribution in [-0.4, -0.2) is 44.3 Å². The van der Waals surface area contributed by atoms with Gasteiger partial charge in [-0.1, -0.05) is 70.3 Å². The SMILES string of the molecule is CCCNC(=O)C(C)N(Cc1cccc(Br)c1)C(=O)CN(c1cccc(Cl)c1C)S(=O)(=O)c1ccc(C)cc1. The summed E-state index contributed by atoms with van der Waals surface area (Å²) < 4.78 is 29.8. The third kappa shape index (κ3) is 7.62. The number of carbonyl (C=O) groups is 2. The second-order valence-corrected chi connectivity index (χ2v) is 12.5. The zero-order chi connectivity index (χ0) is 28.7. The molecule has 0 aliphatic rings. The summed E-state index contributed by atoms with van der Waals surface area (Å²) in [6.07, 6.45) is 0.745. The second kappa shape index (κ2) is 13.5. The Morgan fingerprint density at radius 2 is 1.69 bits per heavy atom. The van der Waals surface area contributed by atoms with E-state index in [0.29, 0.717) is 22.8 Å².